The summed E-state index contributed by atoms with van der Waals surface area (Å²) in [5.74, 6) is 0.540. The first-order chi connectivity index (χ1) is 9.20. The van der Waals surface area contributed by atoms with E-state index in [4.69, 9.17) is 9.47 Å². The minimum atomic E-state index is -0.0824. The van der Waals surface area contributed by atoms with Crippen LogP contribution in [0, 0.1) is 0 Å². The molecule has 1 aliphatic rings. The zero-order chi connectivity index (χ0) is 13.7. The number of pyridine rings is 1. The van der Waals surface area contributed by atoms with Gasteiger partial charge in [-0.3, -0.25) is 0 Å². The van der Waals surface area contributed by atoms with Crippen molar-refractivity contribution in [1.82, 2.24) is 15.2 Å². The lowest BCUT2D eigenvalue weighted by Gasteiger charge is -2.31. The average molecular weight is 265 g/mol. The molecule has 1 N–H and O–H groups in total. The topological polar surface area (TPSA) is 63.7 Å². The van der Waals surface area contributed by atoms with Gasteiger partial charge in [-0.1, -0.05) is 6.07 Å². The minimum absolute atomic E-state index is 0.0824. The van der Waals surface area contributed by atoms with Crippen molar-refractivity contribution in [3.05, 3.63) is 23.9 Å². The highest BCUT2D eigenvalue weighted by Gasteiger charge is 2.21. The first-order valence-electron chi connectivity index (χ1n) is 6.33. The first-order valence-corrected chi connectivity index (χ1v) is 6.33. The van der Waals surface area contributed by atoms with Gasteiger partial charge >= 0.3 is 6.03 Å². The van der Waals surface area contributed by atoms with E-state index < -0.39 is 0 Å². The molecule has 2 amide bonds. The van der Waals surface area contributed by atoms with Crippen molar-refractivity contribution in [1.29, 1.82) is 0 Å². The van der Waals surface area contributed by atoms with Crippen molar-refractivity contribution < 1.29 is 14.3 Å². The maximum Gasteiger partial charge on any atom is 0.317 e. The maximum atomic E-state index is 12.0. The molecule has 6 nitrogen and oxygen atoms in total. The largest absolute Gasteiger partial charge is 0.481 e. The second kappa shape index (κ2) is 6.38. The molecule has 1 saturated heterocycles. The van der Waals surface area contributed by atoms with Gasteiger partial charge in [-0.05, 0) is 13.0 Å². The minimum Gasteiger partial charge on any atom is -0.481 e. The molecule has 0 radical (unpaired) electrons. The molecule has 1 aromatic rings. The van der Waals surface area contributed by atoms with E-state index in [1.54, 1.807) is 18.2 Å². The predicted octanol–water partition coefficient (Wildman–Crippen LogP) is 1.02. The number of aromatic nitrogens is 1. The van der Waals surface area contributed by atoms with E-state index in [-0.39, 0.29) is 12.1 Å². The van der Waals surface area contributed by atoms with E-state index in [9.17, 15) is 4.79 Å². The molecule has 6 heteroatoms. The third-order valence-corrected chi connectivity index (χ3v) is 3.00. The lowest BCUT2D eigenvalue weighted by Crippen LogP contribution is -2.48. The fourth-order valence-corrected chi connectivity index (χ4v) is 2.03. The molecular weight excluding hydrogens is 246 g/mol. The van der Waals surface area contributed by atoms with Crippen LogP contribution in [0.25, 0.3) is 0 Å². The number of hydrogen-bond donors (Lipinski definition) is 1. The van der Waals surface area contributed by atoms with Gasteiger partial charge in [-0.2, -0.15) is 0 Å². The molecule has 0 aliphatic carbocycles. The van der Waals surface area contributed by atoms with Crippen LogP contribution < -0.4 is 10.1 Å². The quantitative estimate of drug-likeness (QED) is 0.886. The van der Waals surface area contributed by atoms with Crippen LogP contribution in [-0.2, 0) is 11.3 Å². The first kappa shape index (κ1) is 13.6. The Morgan fingerprint density at radius 1 is 1.68 bits per heavy atom. The summed E-state index contributed by atoms with van der Waals surface area (Å²) in [6, 6.07) is 3.62. The van der Waals surface area contributed by atoms with E-state index in [1.807, 2.05) is 19.1 Å². The number of nitrogens with one attached hydrogen (secondary N) is 1. The van der Waals surface area contributed by atoms with Gasteiger partial charge in [0.25, 0.3) is 0 Å². The highest BCUT2D eigenvalue weighted by Crippen LogP contribution is 2.13. The van der Waals surface area contributed by atoms with Crippen LogP contribution in [0.1, 0.15) is 12.5 Å². The fraction of sp³-hybridized carbons (Fsp3) is 0.538. The van der Waals surface area contributed by atoms with Crippen LogP contribution in [0.15, 0.2) is 18.3 Å². The molecule has 0 aromatic carbocycles. The Morgan fingerprint density at radius 3 is 3.26 bits per heavy atom. The third kappa shape index (κ3) is 3.57. The number of methoxy groups -OCH3 is 1. The van der Waals surface area contributed by atoms with Gasteiger partial charge in [0, 0.05) is 31.4 Å². The fourth-order valence-electron chi connectivity index (χ4n) is 2.03. The van der Waals surface area contributed by atoms with Gasteiger partial charge in [-0.25, -0.2) is 9.78 Å². The molecule has 2 heterocycles. The lowest BCUT2D eigenvalue weighted by molar-refractivity contribution is -0.00352. The van der Waals surface area contributed by atoms with Crippen LogP contribution in [0.5, 0.6) is 5.88 Å². The average Bonchev–Trinajstić information content (AvgIpc) is 2.45. The Balaban J connectivity index is 1.89. The number of nitrogens with zero attached hydrogens (tertiary/aromatic N) is 2. The Kier molecular flexibility index (Phi) is 4.57. The van der Waals surface area contributed by atoms with Gasteiger partial charge in [0.2, 0.25) is 5.88 Å². The molecule has 1 aliphatic heterocycles. The number of carbonyl (C=O) groups is 1. The highest BCUT2D eigenvalue weighted by atomic mass is 16.5. The van der Waals surface area contributed by atoms with Crippen molar-refractivity contribution in [3.8, 4) is 5.88 Å². The number of carbonyl (C=O) groups excluding carboxylic acids is 1. The molecule has 1 fully saturated rings. The van der Waals surface area contributed by atoms with Crippen molar-refractivity contribution in [2.75, 3.05) is 26.8 Å². The van der Waals surface area contributed by atoms with E-state index in [0.717, 1.165) is 5.56 Å². The number of morpholine rings is 1. The number of rotatable bonds is 3. The van der Waals surface area contributed by atoms with Crippen molar-refractivity contribution in [3.63, 3.8) is 0 Å². The van der Waals surface area contributed by atoms with Crippen molar-refractivity contribution in [2.24, 2.45) is 0 Å². The Hall–Kier alpha value is -1.82. The third-order valence-electron chi connectivity index (χ3n) is 3.00. The number of ether oxygens (including phenoxy) is 2. The summed E-state index contributed by atoms with van der Waals surface area (Å²) >= 11 is 0. The monoisotopic (exact) mass is 265 g/mol. The van der Waals surface area contributed by atoms with Gasteiger partial charge in [0.15, 0.2) is 0 Å². The molecule has 0 saturated carbocycles. The Bertz CT molecular complexity index is 439. The number of hydrogen-bond acceptors (Lipinski definition) is 4. The zero-order valence-corrected chi connectivity index (χ0v) is 11.3. The summed E-state index contributed by atoms with van der Waals surface area (Å²) < 4.78 is 10.5. The van der Waals surface area contributed by atoms with E-state index in [1.165, 1.54) is 0 Å². The summed E-state index contributed by atoms with van der Waals surface area (Å²) in [4.78, 5) is 17.9. The second-order valence-corrected chi connectivity index (χ2v) is 4.46. The summed E-state index contributed by atoms with van der Waals surface area (Å²) in [5.41, 5.74) is 0.861. The Labute approximate surface area is 112 Å². The molecule has 0 spiro atoms. The summed E-state index contributed by atoms with van der Waals surface area (Å²) in [6.45, 7) is 4.20. The van der Waals surface area contributed by atoms with Crippen molar-refractivity contribution in [2.45, 2.75) is 19.6 Å². The lowest BCUT2D eigenvalue weighted by atomic mass is 10.2. The molecule has 0 bridgehead atoms. The second-order valence-electron chi connectivity index (χ2n) is 4.46. The van der Waals surface area contributed by atoms with Crippen LogP contribution >= 0.6 is 0 Å². The Morgan fingerprint density at radius 2 is 2.53 bits per heavy atom. The molecule has 1 unspecified atom stereocenters. The van der Waals surface area contributed by atoms with Crippen molar-refractivity contribution >= 4 is 6.03 Å². The molecule has 19 heavy (non-hydrogen) atoms. The molecular formula is C13H19N3O3. The van der Waals surface area contributed by atoms with Gasteiger partial charge in [0.05, 0.1) is 19.8 Å². The smallest absolute Gasteiger partial charge is 0.317 e. The van der Waals surface area contributed by atoms with Crippen LogP contribution in [0.4, 0.5) is 4.79 Å². The van der Waals surface area contributed by atoms with Crippen LogP contribution in [0.3, 0.4) is 0 Å². The molecule has 1 aromatic heterocycles. The summed E-state index contributed by atoms with van der Waals surface area (Å²) in [7, 11) is 1.57. The van der Waals surface area contributed by atoms with E-state index in [2.05, 4.69) is 10.3 Å². The standard InChI is InChI=1S/C13H19N3O3/c1-10-9-16(6-7-19-10)13(17)15-8-11-4-3-5-14-12(11)18-2/h3-5,10H,6-9H2,1-2H3,(H,15,17). The van der Waals surface area contributed by atoms with Gasteiger partial charge < -0.3 is 19.7 Å². The summed E-state index contributed by atoms with van der Waals surface area (Å²) in [5, 5.41) is 2.88. The van der Waals surface area contributed by atoms with Gasteiger partial charge in [-0.15, -0.1) is 0 Å². The zero-order valence-electron chi connectivity index (χ0n) is 11.3. The van der Waals surface area contributed by atoms with Crippen LogP contribution in [-0.4, -0.2) is 48.8 Å². The number of amides is 2. The van der Waals surface area contributed by atoms with Gasteiger partial charge in [0.1, 0.15) is 0 Å². The number of urea groups is 1. The normalized spacial score (nSPS) is 19.1. The maximum absolute atomic E-state index is 12.0. The molecule has 104 valence electrons. The SMILES string of the molecule is COc1ncccc1CNC(=O)N1CCOC(C)C1. The molecule has 1 atom stereocenters. The van der Waals surface area contributed by atoms with E-state index in [0.29, 0.717) is 32.1 Å². The highest BCUT2D eigenvalue weighted by molar-refractivity contribution is 5.74. The predicted molar refractivity (Wildman–Crippen MR) is 70.0 cm³/mol. The molecule has 2 rings (SSSR count). The van der Waals surface area contributed by atoms with E-state index >= 15 is 0 Å². The van der Waals surface area contributed by atoms with Crippen LogP contribution in [0.2, 0.25) is 0 Å². The summed E-state index contributed by atoms with van der Waals surface area (Å²) in [6.07, 6.45) is 1.75.